The van der Waals surface area contributed by atoms with Crippen LogP contribution in [-0.2, 0) is 0 Å². The number of carbonyl (C=O) groups excluding carboxylic acids is 1. The lowest BCUT2D eigenvalue weighted by molar-refractivity contribution is 0.0955. The Morgan fingerprint density at radius 2 is 1.73 bits per heavy atom. The summed E-state index contributed by atoms with van der Waals surface area (Å²) in [5.41, 5.74) is 3.47. The van der Waals surface area contributed by atoms with Crippen LogP contribution in [0.15, 0.2) is 65.8 Å². The summed E-state index contributed by atoms with van der Waals surface area (Å²) in [7, 11) is 1.51. The summed E-state index contributed by atoms with van der Waals surface area (Å²) in [6.07, 6.45) is 2.07. The molecular formula is C24H21Cl3N2O4. The number of nitrogens with zero attached hydrogens (tertiary/aromatic N) is 1. The molecule has 3 aromatic rings. The molecule has 9 heteroatoms. The quantitative estimate of drug-likeness (QED) is 0.200. The van der Waals surface area contributed by atoms with Crippen molar-refractivity contribution in [3.63, 3.8) is 0 Å². The second kappa shape index (κ2) is 12.3. The molecule has 0 heterocycles. The molecule has 0 aliphatic heterocycles. The highest BCUT2D eigenvalue weighted by molar-refractivity contribution is 6.32. The van der Waals surface area contributed by atoms with Crippen molar-refractivity contribution in [1.29, 1.82) is 0 Å². The van der Waals surface area contributed by atoms with E-state index in [4.69, 9.17) is 49.0 Å². The minimum Gasteiger partial charge on any atom is -0.493 e. The first-order chi connectivity index (χ1) is 16.0. The van der Waals surface area contributed by atoms with Gasteiger partial charge in [0.25, 0.3) is 5.91 Å². The van der Waals surface area contributed by atoms with Gasteiger partial charge in [0.1, 0.15) is 5.75 Å². The maximum absolute atomic E-state index is 12.1. The Labute approximate surface area is 207 Å². The van der Waals surface area contributed by atoms with E-state index in [0.717, 1.165) is 0 Å². The van der Waals surface area contributed by atoms with Crippen LogP contribution in [0.2, 0.25) is 15.1 Å². The van der Waals surface area contributed by atoms with Crippen LogP contribution in [0.5, 0.6) is 17.2 Å². The number of carbonyl (C=O) groups is 1. The van der Waals surface area contributed by atoms with Gasteiger partial charge in [-0.25, -0.2) is 5.43 Å². The van der Waals surface area contributed by atoms with E-state index < -0.39 is 0 Å². The Morgan fingerprint density at radius 3 is 2.48 bits per heavy atom. The van der Waals surface area contributed by atoms with E-state index in [-0.39, 0.29) is 5.91 Å². The van der Waals surface area contributed by atoms with Gasteiger partial charge in [0.05, 0.1) is 36.6 Å². The van der Waals surface area contributed by atoms with Crippen LogP contribution in [0.25, 0.3) is 0 Å². The van der Waals surface area contributed by atoms with Gasteiger partial charge in [0.15, 0.2) is 11.5 Å². The lowest BCUT2D eigenvalue weighted by Crippen LogP contribution is -2.17. The van der Waals surface area contributed by atoms with E-state index in [0.29, 0.717) is 63.1 Å². The molecule has 0 radical (unpaired) electrons. The summed E-state index contributed by atoms with van der Waals surface area (Å²) >= 11 is 18.4. The van der Waals surface area contributed by atoms with Gasteiger partial charge in [-0.05, 0) is 48.0 Å². The number of para-hydroxylation sites is 1. The number of amides is 1. The molecule has 3 aromatic carbocycles. The standard InChI is InChI=1S/C24H21Cl3N2O4/c1-31-22-13-16(15-28-29-24(30)17-6-4-7-18(25)14-17)12-20(27)23(22)33-11-5-10-32-21-9-3-2-8-19(21)26/h2-4,6-9,12-15H,5,10-11H2,1H3,(H,29,30). The fourth-order valence-electron chi connectivity index (χ4n) is 2.79. The van der Waals surface area contributed by atoms with Crippen molar-refractivity contribution < 1.29 is 19.0 Å². The first-order valence-corrected chi connectivity index (χ1v) is 11.1. The average Bonchev–Trinajstić information content (AvgIpc) is 2.80. The summed E-state index contributed by atoms with van der Waals surface area (Å²) < 4.78 is 16.8. The molecule has 3 rings (SSSR count). The van der Waals surface area contributed by atoms with Crippen molar-refractivity contribution in [2.24, 2.45) is 5.10 Å². The molecule has 0 unspecified atom stereocenters. The second-order valence-electron chi connectivity index (χ2n) is 6.72. The number of ether oxygens (including phenoxy) is 3. The third kappa shape index (κ3) is 7.29. The Bertz CT molecular complexity index is 1140. The highest BCUT2D eigenvalue weighted by Gasteiger charge is 2.12. The van der Waals surface area contributed by atoms with E-state index in [1.165, 1.54) is 13.3 Å². The van der Waals surface area contributed by atoms with Gasteiger partial charge in [-0.1, -0.05) is 53.0 Å². The molecule has 33 heavy (non-hydrogen) atoms. The molecule has 172 valence electrons. The topological polar surface area (TPSA) is 69.2 Å². The fraction of sp³-hybridized carbons (Fsp3) is 0.167. The molecule has 0 aliphatic rings. The molecule has 0 aromatic heterocycles. The van der Waals surface area contributed by atoms with Crippen LogP contribution in [0.3, 0.4) is 0 Å². The molecule has 0 atom stereocenters. The zero-order chi connectivity index (χ0) is 23.6. The van der Waals surface area contributed by atoms with E-state index in [9.17, 15) is 4.79 Å². The van der Waals surface area contributed by atoms with Crippen LogP contribution in [-0.4, -0.2) is 32.4 Å². The molecule has 0 aliphatic carbocycles. The van der Waals surface area contributed by atoms with Crippen LogP contribution in [0.4, 0.5) is 0 Å². The summed E-state index contributed by atoms with van der Waals surface area (Å²) in [6.45, 7) is 0.796. The fourth-order valence-corrected chi connectivity index (χ4v) is 3.45. The molecule has 0 fully saturated rings. The first kappa shape index (κ1) is 24.7. The van der Waals surface area contributed by atoms with E-state index >= 15 is 0 Å². The average molecular weight is 508 g/mol. The largest absolute Gasteiger partial charge is 0.493 e. The van der Waals surface area contributed by atoms with Gasteiger partial charge in [-0.15, -0.1) is 0 Å². The molecular weight excluding hydrogens is 487 g/mol. The van der Waals surface area contributed by atoms with Crippen molar-refractivity contribution in [1.82, 2.24) is 5.43 Å². The van der Waals surface area contributed by atoms with E-state index in [2.05, 4.69) is 10.5 Å². The second-order valence-corrected chi connectivity index (χ2v) is 7.98. The van der Waals surface area contributed by atoms with Crippen molar-refractivity contribution in [2.75, 3.05) is 20.3 Å². The Balaban J connectivity index is 1.54. The lowest BCUT2D eigenvalue weighted by Gasteiger charge is -2.13. The molecule has 0 saturated heterocycles. The zero-order valence-corrected chi connectivity index (χ0v) is 20.0. The lowest BCUT2D eigenvalue weighted by atomic mass is 10.2. The number of nitrogens with one attached hydrogen (secondary N) is 1. The molecule has 0 bridgehead atoms. The van der Waals surface area contributed by atoms with Gasteiger partial charge in [0, 0.05) is 17.0 Å². The Kier molecular flexibility index (Phi) is 9.24. The third-order valence-electron chi connectivity index (χ3n) is 4.35. The zero-order valence-electron chi connectivity index (χ0n) is 17.7. The summed E-state index contributed by atoms with van der Waals surface area (Å²) in [6, 6.07) is 17.2. The first-order valence-electron chi connectivity index (χ1n) is 9.94. The minimum absolute atomic E-state index is 0.351. The van der Waals surface area contributed by atoms with Gasteiger partial charge >= 0.3 is 0 Å². The highest BCUT2D eigenvalue weighted by Crippen LogP contribution is 2.36. The smallest absolute Gasteiger partial charge is 0.271 e. The van der Waals surface area contributed by atoms with Crippen molar-refractivity contribution >= 4 is 46.9 Å². The number of hydrazone groups is 1. The molecule has 6 nitrogen and oxygen atoms in total. The predicted octanol–water partition coefficient (Wildman–Crippen LogP) is 6.27. The third-order valence-corrected chi connectivity index (χ3v) is 5.18. The van der Waals surface area contributed by atoms with Gasteiger partial charge in [0.2, 0.25) is 0 Å². The van der Waals surface area contributed by atoms with Gasteiger partial charge in [-0.2, -0.15) is 5.10 Å². The highest BCUT2D eigenvalue weighted by atomic mass is 35.5. The SMILES string of the molecule is COc1cc(C=NNC(=O)c2cccc(Cl)c2)cc(Cl)c1OCCCOc1ccccc1Cl. The number of methoxy groups -OCH3 is 1. The maximum atomic E-state index is 12.1. The summed E-state index contributed by atoms with van der Waals surface area (Å²) in [5.74, 6) is 1.10. The van der Waals surface area contributed by atoms with Crippen LogP contribution in [0.1, 0.15) is 22.3 Å². The Hall–Kier alpha value is -2.93. The van der Waals surface area contributed by atoms with Crippen LogP contribution >= 0.6 is 34.8 Å². The normalized spacial score (nSPS) is 10.8. The molecule has 0 spiro atoms. The van der Waals surface area contributed by atoms with Crippen molar-refractivity contribution in [3.05, 3.63) is 86.9 Å². The number of benzene rings is 3. The molecule has 1 N–H and O–H groups in total. The minimum atomic E-state index is -0.384. The number of hydrogen-bond donors (Lipinski definition) is 1. The predicted molar refractivity (Wildman–Crippen MR) is 132 cm³/mol. The van der Waals surface area contributed by atoms with E-state index in [1.807, 2.05) is 12.1 Å². The van der Waals surface area contributed by atoms with Crippen molar-refractivity contribution in [2.45, 2.75) is 6.42 Å². The number of rotatable bonds is 10. The maximum Gasteiger partial charge on any atom is 0.271 e. The monoisotopic (exact) mass is 506 g/mol. The molecule has 1 amide bonds. The summed E-state index contributed by atoms with van der Waals surface area (Å²) in [5, 5.41) is 5.34. The summed E-state index contributed by atoms with van der Waals surface area (Å²) in [4.78, 5) is 12.1. The molecule has 0 saturated carbocycles. The van der Waals surface area contributed by atoms with Gasteiger partial charge < -0.3 is 14.2 Å². The number of halogens is 3. The van der Waals surface area contributed by atoms with Crippen molar-refractivity contribution in [3.8, 4) is 17.2 Å². The number of hydrogen-bond acceptors (Lipinski definition) is 5. The van der Waals surface area contributed by atoms with Crippen LogP contribution < -0.4 is 19.6 Å². The Morgan fingerprint density at radius 1 is 0.939 bits per heavy atom. The van der Waals surface area contributed by atoms with Gasteiger partial charge in [-0.3, -0.25) is 4.79 Å². The van der Waals surface area contributed by atoms with Crippen LogP contribution in [0, 0.1) is 0 Å². The van der Waals surface area contributed by atoms with E-state index in [1.54, 1.807) is 48.5 Å².